The van der Waals surface area contributed by atoms with Crippen LogP contribution < -0.4 is 11.1 Å². The molecule has 2 aliphatic rings. The van der Waals surface area contributed by atoms with E-state index in [1.165, 1.54) is 0 Å². The number of anilines is 1. The molecule has 2 fully saturated rings. The fourth-order valence-corrected chi connectivity index (χ4v) is 3.90. The zero-order chi connectivity index (χ0) is 16.7. The van der Waals surface area contributed by atoms with E-state index in [9.17, 15) is 4.79 Å². The number of ketones is 1. The van der Waals surface area contributed by atoms with Gasteiger partial charge >= 0.3 is 0 Å². The van der Waals surface area contributed by atoms with Crippen LogP contribution in [0.15, 0.2) is 28.9 Å². The summed E-state index contributed by atoms with van der Waals surface area (Å²) in [4.78, 5) is 17.3. The maximum absolute atomic E-state index is 12.7. The van der Waals surface area contributed by atoms with E-state index < -0.39 is 0 Å². The minimum Gasteiger partial charge on any atom is -0.381 e. The van der Waals surface area contributed by atoms with Crippen LogP contribution in [0.5, 0.6) is 0 Å². The van der Waals surface area contributed by atoms with Crippen molar-refractivity contribution in [3.63, 3.8) is 0 Å². The van der Waals surface area contributed by atoms with Gasteiger partial charge in [0.15, 0.2) is 5.78 Å². The number of nitrogens with two attached hydrogens (primary N) is 1. The predicted molar refractivity (Wildman–Crippen MR) is 100 cm³/mol. The number of halogens is 1. The molecule has 0 saturated heterocycles. The summed E-state index contributed by atoms with van der Waals surface area (Å²) >= 11 is 3.55. The number of nitrogens with zero attached hydrogens (tertiary/aromatic N) is 1. The first kappa shape index (κ1) is 16.0. The predicted octanol–water partition coefficient (Wildman–Crippen LogP) is 4.27. The third-order valence-corrected chi connectivity index (χ3v) is 5.66. The van der Waals surface area contributed by atoms with Gasteiger partial charge in [-0.05, 0) is 56.7 Å². The van der Waals surface area contributed by atoms with Gasteiger partial charge in [-0.2, -0.15) is 0 Å². The lowest BCUT2D eigenvalue weighted by molar-refractivity contribution is 0.0968. The summed E-state index contributed by atoms with van der Waals surface area (Å²) in [5.41, 5.74) is 8.65. The van der Waals surface area contributed by atoms with Gasteiger partial charge in [0.2, 0.25) is 0 Å². The average molecular weight is 388 g/mol. The smallest absolute Gasteiger partial charge is 0.169 e. The van der Waals surface area contributed by atoms with Crippen LogP contribution in [0, 0.1) is 5.92 Å². The maximum atomic E-state index is 12.7. The van der Waals surface area contributed by atoms with E-state index in [2.05, 4.69) is 32.3 Å². The van der Waals surface area contributed by atoms with E-state index in [0.29, 0.717) is 12.1 Å². The lowest BCUT2D eigenvalue weighted by Crippen LogP contribution is -2.33. The summed E-state index contributed by atoms with van der Waals surface area (Å²) in [6.07, 6.45) is 7.95. The highest BCUT2D eigenvalue weighted by molar-refractivity contribution is 9.10. The first-order valence-electron chi connectivity index (χ1n) is 8.76. The van der Waals surface area contributed by atoms with Gasteiger partial charge in [0.1, 0.15) is 0 Å². The fourth-order valence-electron chi connectivity index (χ4n) is 3.54. The standard InChI is InChI=1S/C19H22BrN3O/c20-12-3-8-17-15(9-12)18(23-14-6-4-13(21)5-7-14)16(10-22-17)19(24)11-1-2-11/h3,8-11,13-14H,1-2,4-7,21H2,(H,22,23)/t13-,14-. The Bertz CT molecular complexity index is 780. The molecule has 1 aromatic carbocycles. The lowest BCUT2D eigenvalue weighted by Gasteiger charge is -2.29. The van der Waals surface area contributed by atoms with Crippen molar-refractivity contribution in [2.75, 3.05) is 5.32 Å². The maximum Gasteiger partial charge on any atom is 0.169 e. The first-order chi connectivity index (χ1) is 11.6. The molecule has 126 valence electrons. The summed E-state index contributed by atoms with van der Waals surface area (Å²) in [5.74, 6) is 0.427. The van der Waals surface area contributed by atoms with Gasteiger partial charge in [0, 0.05) is 34.1 Å². The Morgan fingerprint density at radius 1 is 1.17 bits per heavy atom. The largest absolute Gasteiger partial charge is 0.381 e. The van der Waals surface area contributed by atoms with Crippen molar-refractivity contribution >= 4 is 38.3 Å². The molecule has 2 aliphatic carbocycles. The topological polar surface area (TPSA) is 68.0 Å². The molecule has 1 heterocycles. The summed E-state index contributed by atoms with van der Waals surface area (Å²) in [5, 5.41) is 4.69. The van der Waals surface area contributed by atoms with Crippen molar-refractivity contribution in [3.8, 4) is 0 Å². The molecule has 2 aromatic rings. The second-order valence-corrected chi connectivity index (χ2v) is 8.02. The monoisotopic (exact) mass is 387 g/mol. The molecule has 1 aromatic heterocycles. The van der Waals surface area contributed by atoms with Crippen LogP contribution in [0.2, 0.25) is 0 Å². The molecule has 0 unspecified atom stereocenters. The van der Waals surface area contributed by atoms with Crippen LogP contribution in [0.4, 0.5) is 5.69 Å². The van der Waals surface area contributed by atoms with Crippen molar-refractivity contribution in [2.45, 2.75) is 50.6 Å². The van der Waals surface area contributed by atoms with Gasteiger partial charge < -0.3 is 11.1 Å². The summed E-state index contributed by atoms with van der Waals surface area (Å²) in [7, 11) is 0. The summed E-state index contributed by atoms with van der Waals surface area (Å²) in [6.45, 7) is 0. The molecule has 0 radical (unpaired) electrons. The number of rotatable bonds is 4. The van der Waals surface area contributed by atoms with Crippen LogP contribution in [0.3, 0.4) is 0 Å². The quantitative estimate of drug-likeness (QED) is 0.768. The Morgan fingerprint density at radius 3 is 2.62 bits per heavy atom. The zero-order valence-corrected chi connectivity index (χ0v) is 15.2. The van der Waals surface area contributed by atoms with Crippen LogP contribution in [-0.4, -0.2) is 22.9 Å². The van der Waals surface area contributed by atoms with Gasteiger partial charge in [-0.25, -0.2) is 0 Å². The van der Waals surface area contributed by atoms with Gasteiger partial charge in [0.25, 0.3) is 0 Å². The number of Topliss-reactive ketones (excluding diaryl/α,β-unsaturated/α-hetero) is 1. The van der Waals surface area contributed by atoms with E-state index in [4.69, 9.17) is 5.73 Å². The third-order valence-electron chi connectivity index (χ3n) is 5.16. The SMILES string of the molecule is N[C@H]1CC[C@H](Nc2c(C(=O)C3CC3)cnc3ccc(Br)cc23)CC1. The minimum absolute atomic E-state index is 0.191. The Hall–Kier alpha value is -1.46. The van der Waals surface area contributed by atoms with Crippen molar-refractivity contribution < 1.29 is 4.79 Å². The Labute approximate surface area is 150 Å². The number of hydrogen-bond donors (Lipinski definition) is 2. The molecular weight excluding hydrogens is 366 g/mol. The van der Waals surface area contributed by atoms with Gasteiger partial charge in [-0.15, -0.1) is 0 Å². The van der Waals surface area contributed by atoms with E-state index in [0.717, 1.165) is 65.2 Å². The summed E-state index contributed by atoms with van der Waals surface area (Å²) < 4.78 is 1.00. The van der Waals surface area contributed by atoms with Crippen molar-refractivity contribution in [1.29, 1.82) is 0 Å². The molecule has 4 nitrogen and oxygen atoms in total. The second kappa shape index (κ2) is 6.45. The number of carbonyl (C=O) groups excluding carboxylic acids is 1. The molecule has 3 N–H and O–H groups in total. The molecule has 5 heteroatoms. The highest BCUT2D eigenvalue weighted by atomic mass is 79.9. The van der Waals surface area contributed by atoms with Gasteiger partial charge in [-0.3, -0.25) is 9.78 Å². The molecule has 0 atom stereocenters. The lowest BCUT2D eigenvalue weighted by atomic mass is 9.91. The fraction of sp³-hybridized carbons (Fsp3) is 0.474. The molecule has 4 rings (SSSR count). The second-order valence-electron chi connectivity index (χ2n) is 7.10. The van der Waals surface area contributed by atoms with Crippen molar-refractivity contribution in [1.82, 2.24) is 4.98 Å². The van der Waals surface area contributed by atoms with Crippen LogP contribution >= 0.6 is 15.9 Å². The van der Waals surface area contributed by atoms with Crippen molar-refractivity contribution in [2.24, 2.45) is 11.7 Å². The molecule has 0 aliphatic heterocycles. The highest BCUT2D eigenvalue weighted by Gasteiger charge is 2.33. The third kappa shape index (κ3) is 3.20. The first-order valence-corrected chi connectivity index (χ1v) is 9.55. The number of carbonyl (C=O) groups is 1. The Morgan fingerprint density at radius 2 is 1.92 bits per heavy atom. The van der Waals surface area contributed by atoms with Crippen LogP contribution in [0.1, 0.15) is 48.9 Å². The molecular formula is C19H22BrN3O. The number of nitrogens with one attached hydrogen (secondary N) is 1. The van der Waals surface area contributed by atoms with Crippen LogP contribution in [0.25, 0.3) is 10.9 Å². The number of hydrogen-bond acceptors (Lipinski definition) is 4. The zero-order valence-electron chi connectivity index (χ0n) is 13.6. The number of aromatic nitrogens is 1. The van der Waals surface area contributed by atoms with Crippen LogP contribution in [-0.2, 0) is 0 Å². The number of benzene rings is 1. The Balaban J connectivity index is 1.75. The number of pyridine rings is 1. The molecule has 2 saturated carbocycles. The molecule has 0 spiro atoms. The van der Waals surface area contributed by atoms with E-state index in [-0.39, 0.29) is 11.7 Å². The van der Waals surface area contributed by atoms with E-state index in [1.807, 2.05) is 12.1 Å². The highest BCUT2D eigenvalue weighted by Crippen LogP contribution is 2.38. The van der Waals surface area contributed by atoms with Gasteiger partial charge in [0.05, 0.1) is 16.8 Å². The van der Waals surface area contributed by atoms with Gasteiger partial charge in [-0.1, -0.05) is 15.9 Å². The van der Waals surface area contributed by atoms with Crippen molar-refractivity contribution in [3.05, 3.63) is 34.4 Å². The molecule has 0 bridgehead atoms. The summed E-state index contributed by atoms with van der Waals surface area (Å²) in [6, 6.07) is 6.73. The molecule has 0 amide bonds. The number of fused-ring (bicyclic) bond motifs is 1. The van der Waals surface area contributed by atoms with E-state index in [1.54, 1.807) is 6.20 Å². The Kier molecular flexibility index (Phi) is 4.31. The minimum atomic E-state index is 0.191. The molecule has 24 heavy (non-hydrogen) atoms. The van der Waals surface area contributed by atoms with E-state index >= 15 is 0 Å². The normalized spacial score (nSPS) is 24.1. The average Bonchev–Trinajstić information content (AvgIpc) is 3.42.